The molecular weight excluding hydrogens is 264 g/mol. The first kappa shape index (κ1) is 13.1. The standard InChI is InChI=1S/C17H14N2O2/c20-16-11-15(14-9-5-2-6-10-14)21-17(19-16)18-12-13-7-3-1-4-8-13/h1-11H,12H2,(H,18,19,20). The third kappa shape index (κ3) is 3.36. The molecule has 104 valence electrons. The molecule has 0 atom stereocenters. The summed E-state index contributed by atoms with van der Waals surface area (Å²) in [5.74, 6) is 0.506. The second-order valence-electron chi connectivity index (χ2n) is 4.57. The number of nitrogens with zero attached hydrogens (tertiary/aromatic N) is 1. The normalized spacial score (nSPS) is 10.3. The van der Waals surface area contributed by atoms with E-state index in [1.807, 2.05) is 60.7 Å². The first-order valence-corrected chi connectivity index (χ1v) is 6.67. The molecule has 1 heterocycles. The van der Waals surface area contributed by atoms with E-state index < -0.39 is 0 Å². The molecule has 0 radical (unpaired) electrons. The fourth-order valence-corrected chi connectivity index (χ4v) is 1.99. The van der Waals surface area contributed by atoms with Gasteiger partial charge in [0.25, 0.3) is 11.6 Å². The van der Waals surface area contributed by atoms with Crippen molar-refractivity contribution < 1.29 is 4.42 Å². The molecule has 1 N–H and O–H groups in total. The number of nitrogens with one attached hydrogen (secondary N) is 1. The monoisotopic (exact) mass is 278 g/mol. The van der Waals surface area contributed by atoms with Crippen molar-refractivity contribution in [2.75, 3.05) is 5.32 Å². The van der Waals surface area contributed by atoms with Crippen LogP contribution in [0.1, 0.15) is 5.56 Å². The van der Waals surface area contributed by atoms with Crippen LogP contribution in [0.5, 0.6) is 0 Å². The van der Waals surface area contributed by atoms with Gasteiger partial charge in [-0.25, -0.2) is 0 Å². The zero-order valence-corrected chi connectivity index (χ0v) is 11.3. The maximum absolute atomic E-state index is 11.7. The van der Waals surface area contributed by atoms with Crippen molar-refractivity contribution in [1.29, 1.82) is 0 Å². The number of aromatic nitrogens is 1. The van der Waals surface area contributed by atoms with Crippen LogP contribution in [0.2, 0.25) is 0 Å². The maximum Gasteiger partial charge on any atom is 0.298 e. The molecule has 4 nitrogen and oxygen atoms in total. The predicted octanol–water partition coefficient (Wildman–Crippen LogP) is 3.31. The quantitative estimate of drug-likeness (QED) is 0.795. The number of anilines is 1. The Balaban J connectivity index is 1.83. The first-order valence-electron chi connectivity index (χ1n) is 6.67. The number of hydrogen-bond acceptors (Lipinski definition) is 4. The summed E-state index contributed by atoms with van der Waals surface area (Å²) in [6.45, 7) is 0.551. The Morgan fingerprint density at radius 2 is 1.62 bits per heavy atom. The highest BCUT2D eigenvalue weighted by Crippen LogP contribution is 2.19. The van der Waals surface area contributed by atoms with Gasteiger partial charge in [-0.05, 0) is 5.56 Å². The minimum absolute atomic E-state index is 0.227. The SMILES string of the molecule is O=c1cc(-c2ccccc2)oc(NCc2ccccc2)n1. The second-order valence-corrected chi connectivity index (χ2v) is 4.57. The first-order chi connectivity index (χ1) is 10.3. The van der Waals surface area contributed by atoms with Crippen LogP contribution in [-0.4, -0.2) is 4.98 Å². The van der Waals surface area contributed by atoms with E-state index >= 15 is 0 Å². The van der Waals surface area contributed by atoms with Gasteiger partial charge < -0.3 is 9.73 Å². The minimum Gasteiger partial charge on any atom is -0.425 e. The highest BCUT2D eigenvalue weighted by molar-refractivity contribution is 5.56. The van der Waals surface area contributed by atoms with Crippen molar-refractivity contribution in [3.63, 3.8) is 0 Å². The molecule has 0 aliphatic heterocycles. The van der Waals surface area contributed by atoms with Gasteiger partial charge in [0.15, 0.2) is 0 Å². The van der Waals surface area contributed by atoms with Crippen LogP contribution in [0.3, 0.4) is 0 Å². The molecule has 0 fully saturated rings. The molecule has 2 aromatic carbocycles. The van der Waals surface area contributed by atoms with E-state index in [2.05, 4.69) is 10.3 Å². The van der Waals surface area contributed by atoms with E-state index in [4.69, 9.17) is 4.42 Å². The molecule has 0 aliphatic carbocycles. The lowest BCUT2D eigenvalue weighted by molar-refractivity contribution is 0.554. The lowest BCUT2D eigenvalue weighted by atomic mass is 10.2. The minimum atomic E-state index is -0.323. The van der Waals surface area contributed by atoms with Gasteiger partial charge >= 0.3 is 0 Å². The highest BCUT2D eigenvalue weighted by Gasteiger charge is 2.05. The number of rotatable bonds is 4. The Morgan fingerprint density at radius 3 is 2.33 bits per heavy atom. The summed E-state index contributed by atoms with van der Waals surface area (Å²) in [7, 11) is 0. The van der Waals surface area contributed by atoms with Crippen molar-refractivity contribution in [2.45, 2.75) is 6.54 Å². The van der Waals surface area contributed by atoms with E-state index in [1.165, 1.54) is 6.07 Å². The van der Waals surface area contributed by atoms with Crippen molar-refractivity contribution in [2.24, 2.45) is 0 Å². The Bertz CT molecular complexity index is 768. The predicted molar refractivity (Wildman–Crippen MR) is 82.0 cm³/mol. The maximum atomic E-state index is 11.7. The van der Waals surface area contributed by atoms with Crippen molar-refractivity contribution in [3.05, 3.63) is 82.6 Å². The van der Waals surface area contributed by atoms with Gasteiger partial charge in [-0.3, -0.25) is 4.79 Å². The molecule has 0 aliphatic rings. The smallest absolute Gasteiger partial charge is 0.298 e. The molecule has 0 unspecified atom stereocenters. The molecule has 0 bridgehead atoms. The van der Waals surface area contributed by atoms with Crippen LogP contribution in [0.15, 0.2) is 75.9 Å². The fourth-order valence-electron chi connectivity index (χ4n) is 1.99. The van der Waals surface area contributed by atoms with Crippen molar-refractivity contribution >= 4 is 6.01 Å². The average molecular weight is 278 g/mol. The zero-order valence-electron chi connectivity index (χ0n) is 11.3. The number of benzene rings is 2. The topological polar surface area (TPSA) is 55.1 Å². The van der Waals surface area contributed by atoms with Crippen LogP contribution in [0, 0.1) is 0 Å². The molecule has 0 amide bonds. The van der Waals surface area contributed by atoms with Gasteiger partial charge in [0, 0.05) is 18.2 Å². The Labute approximate surface area is 122 Å². The lowest BCUT2D eigenvalue weighted by Crippen LogP contribution is -2.10. The van der Waals surface area contributed by atoms with Gasteiger partial charge in [0.2, 0.25) is 0 Å². The molecule has 0 saturated carbocycles. The van der Waals surface area contributed by atoms with E-state index in [9.17, 15) is 4.79 Å². The van der Waals surface area contributed by atoms with Gasteiger partial charge in [-0.15, -0.1) is 0 Å². The third-order valence-electron chi connectivity index (χ3n) is 3.02. The lowest BCUT2D eigenvalue weighted by Gasteiger charge is -2.06. The Kier molecular flexibility index (Phi) is 3.78. The summed E-state index contributed by atoms with van der Waals surface area (Å²) in [6.07, 6.45) is 0. The van der Waals surface area contributed by atoms with E-state index in [0.717, 1.165) is 11.1 Å². The van der Waals surface area contributed by atoms with E-state index in [-0.39, 0.29) is 11.6 Å². The molecule has 4 heteroatoms. The molecule has 0 spiro atoms. The van der Waals surface area contributed by atoms with Gasteiger partial charge in [0.05, 0.1) is 0 Å². The molecule has 0 saturated heterocycles. The van der Waals surface area contributed by atoms with Gasteiger partial charge in [0.1, 0.15) is 5.76 Å². The highest BCUT2D eigenvalue weighted by atomic mass is 16.4. The molecule has 21 heavy (non-hydrogen) atoms. The Morgan fingerprint density at radius 1 is 0.952 bits per heavy atom. The third-order valence-corrected chi connectivity index (χ3v) is 3.02. The summed E-state index contributed by atoms with van der Waals surface area (Å²) in [6, 6.07) is 21.0. The summed E-state index contributed by atoms with van der Waals surface area (Å²) in [5.41, 5.74) is 1.61. The van der Waals surface area contributed by atoms with Crippen molar-refractivity contribution in [3.8, 4) is 11.3 Å². The van der Waals surface area contributed by atoms with Gasteiger partial charge in [-0.2, -0.15) is 4.98 Å². The molecule has 3 aromatic rings. The summed E-state index contributed by atoms with van der Waals surface area (Å²) in [4.78, 5) is 15.5. The summed E-state index contributed by atoms with van der Waals surface area (Å²) >= 11 is 0. The van der Waals surface area contributed by atoms with Crippen LogP contribution >= 0.6 is 0 Å². The largest absolute Gasteiger partial charge is 0.425 e. The average Bonchev–Trinajstić information content (AvgIpc) is 2.54. The van der Waals surface area contributed by atoms with Gasteiger partial charge in [-0.1, -0.05) is 60.7 Å². The van der Waals surface area contributed by atoms with Crippen molar-refractivity contribution in [1.82, 2.24) is 4.98 Å². The summed E-state index contributed by atoms with van der Waals surface area (Å²) < 4.78 is 5.64. The van der Waals surface area contributed by atoms with E-state index in [0.29, 0.717) is 12.3 Å². The summed E-state index contributed by atoms with van der Waals surface area (Å²) in [5, 5.41) is 3.03. The fraction of sp³-hybridized carbons (Fsp3) is 0.0588. The van der Waals surface area contributed by atoms with Crippen LogP contribution in [0.25, 0.3) is 11.3 Å². The molecule has 3 rings (SSSR count). The molecule has 1 aromatic heterocycles. The second kappa shape index (κ2) is 6.05. The zero-order chi connectivity index (χ0) is 14.5. The van der Waals surface area contributed by atoms with E-state index in [1.54, 1.807) is 0 Å². The van der Waals surface area contributed by atoms with Crippen LogP contribution < -0.4 is 10.9 Å². The number of hydrogen-bond donors (Lipinski definition) is 1. The Hall–Kier alpha value is -2.88. The van der Waals surface area contributed by atoms with Crippen LogP contribution in [0.4, 0.5) is 6.01 Å². The molecular formula is C17H14N2O2. The van der Waals surface area contributed by atoms with Crippen LogP contribution in [-0.2, 0) is 6.54 Å².